The number of benzene rings is 1. The molecule has 1 N–H and O–H groups in total. The van der Waals surface area contributed by atoms with E-state index in [0.717, 1.165) is 11.1 Å². The van der Waals surface area contributed by atoms with Crippen LogP contribution in [0.1, 0.15) is 4.88 Å². The second kappa shape index (κ2) is 8.91. The summed E-state index contributed by atoms with van der Waals surface area (Å²) in [6.07, 6.45) is 1.41. The van der Waals surface area contributed by atoms with Gasteiger partial charge in [0, 0.05) is 17.5 Å². The number of anilines is 1. The molecular formula is C17H22N2O5S2. The maximum Gasteiger partial charge on any atom is 0.232 e. The van der Waals surface area contributed by atoms with Crippen molar-refractivity contribution in [3.05, 3.63) is 40.6 Å². The first-order valence-corrected chi connectivity index (χ1v) is 10.6. The fourth-order valence-corrected chi connectivity index (χ4v) is 4.02. The molecule has 0 saturated carbocycles. The Morgan fingerprint density at radius 3 is 2.50 bits per heavy atom. The lowest BCUT2D eigenvalue weighted by Crippen LogP contribution is -2.38. The SMILES string of the molecule is COc1ccc(N(CCNC(=O)Cc2cccs2)S(C)(=O)=O)cc1OC. The number of nitrogens with one attached hydrogen (secondary N) is 1. The van der Waals surface area contributed by atoms with Gasteiger partial charge in [0.15, 0.2) is 11.5 Å². The lowest BCUT2D eigenvalue weighted by molar-refractivity contribution is -0.120. The second-order valence-corrected chi connectivity index (χ2v) is 8.42. The summed E-state index contributed by atoms with van der Waals surface area (Å²) in [4.78, 5) is 12.9. The summed E-state index contributed by atoms with van der Waals surface area (Å²) in [7, 11) is -0.530. The zero-order chi connectivity index (χ0) is 19.2. The molecule has 0 saturated heterocycles. The number of carbonyl (C=O) groups is 1. The molecule has 0 radical (unpaired) electrons. The Bertz CT molecular complexity index is 835. The van der Waals surface area contributed by atoms with Gasteiger partial charge in [0.05, 0.1) is 39.1 Å². The Labute approximate surface area is 157 Å². The van der Waals surface area contributed by atoms with E-state index < -0.39 is 10.0 Å². The number of thiophene rings is 1. The number of sulfonamides is 1. The summed E-state index contributed by atoms with van der Waals surface area (Å²) in [6.45, 7) is 0.316. The van der Waals surface area contributed by atoms with Gasteiger partial charge >= 0.3 is 0 Å². The summed E-state index contributed by atoms with van der Waals surface area (Å²) in [5.41, 5.74) is 0.442. The standard InChI is InChI=1S/C17H22N2O5S2/c1-23-15-7-6-13(11-16(15)24-2)19(26(3,21)22)9-8-18-17(20)12-14-5-4-10-25-14/h4-7,10-11H,8-9,12H2,1-3H3,(H,18,20). The lowest BCUT2D eigenvalue weighted by Gasteiger charge is -2.23. The van der Waals surface area contributed by atoms with Crippen molar-refractivity contribution in [2.24, 2.45) is 0 Å². The monoisotopic (exact) mass is 398 g/mol. The minimum atomic E-state index is -3.52. The first-order valence-electron chi connectivity index (χ1n) is 7.84. The molecule has 0 aliphatic rings. The van der Waals surface area contributed by atoms with E-state index in [0.29, 0.717) is 17.2 Å². The third-order valence-electron chi connectivity index (χ3n) is 3.61. The van der Waals surface area contributed by atoms with Gasteiger partial charge < -0.3 is 14.8 Å². The molecule has 1 heterocycles. The van der Waals surface area contributed by atoms with Gasteiger partial charge in [-0.05, 0) is 23.6 Å². The molecule has 9 heteroatoms. The van der Waals surface area contributed by atoms with E-state index in [1.165, 1.54) is 29.9 Å². The fraction of sp³-hybridized carbons (Fsp3) is 0.353. The third-order valence-corrected chi connectivity index (χ3v) is 5.68. The first kappa shape index (κ1) is 20.1. The number of ether oxygens (including phenoxy) is 2. The lowest BCUT2D eigenvalue weighted by atomic mass is 10.2. The van der Waals surface area contributed by atoms with Gasteiger partial charge in [-0.3, -0.25) is 9.10 Å². The van der Waals surface area contributed by atoms with E-state index >= 15 is 0 Å². The number of amides is 1. The predicted octanol–water partition coefficient (Wildman–Crippen LogP) is 1.89. The summed E-state index contributed by atoms with van der Waals surface area (Å²) < 4.78 is 35.9. The average molecular weight is 399 g/mol. The molecule has 1 aromatic heterocycles. The summed E-state index contributed by atoms with van der Waals surface area (Å²) in [6, 6.07) is 8.64. The molecule has 1 aromatic carbocycles. The number of nitrogens with zero attached hydrogens (tertiary/aromatic N) is 1. The van der Waals surface area contributed by atoms with Gasteiger partial charge in [0.25, 0.3) is 0 Å². The van der Waals surface area contributed by atoms with Crippen molar-refractivity contribution in [3.63, 3.8) is 0 Å². The van der Waals surface area contributed by atoms with Crippen LogP contribution in [0.4, 0.5) is 5.69 Å². The number of carbonyl (C=O) groups excluding carboxylic acids is 1. The van der Waals surface area contributed by atoms with E-state index in [1.54, 1.807) is 18.2 Å². The van der Waals surface area contributed by atoms with Gasteiger partial charge in [0.2, 0.25) is 15.9 Å². The normalized spacial score (nSPS) is 11.0. The van der Waals surface area contributed by atoms with Crippen molar-refractivity contribution in [2.75, 3.05) is 37.9 Å². The van der Waals surface area contributed by atoms with Crippen molar-refractivity contribution in [1.82, 2.24) is 5.32 Å². The van der Waals surface area contributed by atoms with E-state index in [1.807, 2.05) is 17.5 Å². The largest absolute Gasteiger partial charge is 0.493 e. The Hall–Kier alpha value is -2.26. The molecular weight excluding hydrogens is 376 g/mol. The first-order chi connectivity index (χ1) is 12.3. The van der Waals surface area contributed by atoms with E-state index in [-0.39, 0.29) is 25.4 Å². The van der Waals surface area contributed by atoms with Crippen LogP contribution in [0.15, 0.2) is 35.7 Å². The highest BCUT2D eigenvalue weighted by Crippen LogP contribution is 2.32. The molecule has 26 heavy (non-hydrogen) atoms. The van der Waals surface area contributed by atoms with Crippen LogP contribution >= 0.6 is 11.3 Å². The molecule has 7 nitrogen and oxygen atoms in total. The molecule has 1 amide bonds. The van der Waals surface area contributed by atoms with Crippen molar-refractivity contribution in [1.29, 1.82) is 0 Å². The van der Waals surface area contributed by atoms with Crippen LogP contribution in [-0.4, -0.2) is 47.9 Å². The molecule has 2 aromatic rings. The number of rotatable bonds is 9. The Morgan fingerprint density at radius 2 is 1.92 bits per heavy atom. The number of hydrogen-bond donors (Lipinski definition) is 1. The highest BCUT2D eigenvalue weighted by atomic mass is 32.2. The van der Waals surface area contributed by atoms with Gasteiger partial charge in [-0.2, -0.15) is 0 Å². The van der Waals surface area contributed by atoms with Gasteiger partial charge in [-0.25, -0.2) is 8.42 Å². The average Bonchev–Trinajstić information content (AvgIpc) is 3.10. The van der Waals surface area contributed by atoms with Crippen LogP contribution in [-0.2, 0) is 21.2 Å². The van der Waals surface area contributed by atoms with E-state index in [2.05, 4.69) is 5.32 Å². The van der Waals surface area contributed by atoms with Crippen molar-refractivity contribution in [2.45, 2.75) is 6.42 Å². The van der Waals surface area contributed by atoms with Gasteiger partial charge in [-0.1, -0.05) is 6.07 Å². The van der Waals surface area contributed by atoms with Crippen LogP contribution < -0.4 is 19.1 Å². The molecule has 2 rings (SSSR count). The topological polar surface area (TPSA) is 84.9 Å². The van der Waals surface area contributed by atoms with Crippen molar-refractivity contribution < 1.29 is 22.7 Å². The second-order valence-electron chi connectivity index (χ2n) is 5.48. The quantitative estimate of drug-likeness (QED) is 0.697. The van der Waals surface area contributed by atoms with Crippen molar-refractivity contribution >= 4 is 33.0 Å². The summed E-state index contributed by atoms with van der Waals surface area (Å²) in [5, 5.41) is 4.66. The molecule has 0 atom stereocenters. The maximum atomic E-state index is 12.2. The Morgan fingerprint density at radius 1 is 1.19 bits per heavy atom. The minimum absolute atomic E-state index is 0.116. The summed E-state index contributed by atoms with van der Waals surface area (Å²) >= 11 is 1.51. The van der Waals surface area contributed by atoms with E-state index in [9.17, 15) is 13.2 Å². The van der Waals surface area contributed by atoms with Crippen LogP contribution in [0.2, 0.25) is 0 Å². The molecule has 0 fully saturated rings. The summed E-state index contributed by atoms with van der Waals surface area (Å²) in [5.74, 6) is 0.794. The molecule has 0 aliphatic heterocycles. The van der Waals surface area contributed by atoms with Crippen LogP contribution in [0.25, 0.3) is 0 Å². The third kappa shape index (κ3) is 5.37. The van der Waals surface area contributed by atoms with Crippen LogP contribution in [0.5, 0.6) is 11.5 Å². The minimum Gasteiger partial charge on any atom is -0.493 e. The molecule has 0 unspecified atom stereocenters. The molecule has 0 bridgehead atoms. The smallest absolute Gasteiger partial charge is 0.232 e. The highest BCUT2D eigenvalue weighted by Gasteiger charge is 2.19. The zero-order valence-electron chi connectivity index (χ0n) is 14.9. The van der Waals surface area contributed by atoms with Gasteiger partial charge in [-0.15, -0.1) is 11.3 Å². The number of methoxy groups -OCH3 is 2. The highest BCUT2D eigenvalue weighted by molar-refractivity contribution is 7.92. The van der Waals surface area contributed by atoms with Crippen LogP contribution in [0.3, 0.4) is 0 Å². The maximum absolute atomic E-state index is 12.2. The fourth-order valence-electron chi connectivity index (χ4n) is 2.40. The zero-order valence-corrected chi connectivity index (χ0v) is 16.5. The molecule has 0 aliphatic carbocycles. The van der Waals surface area contributed by atoms with Gasteiger partial charge in [0.1, 0.15) is 0 Å². The van der Waals surface area contributed by atoms with Crippen LogP contribution in [0, 0.1) is 0 Å². The Kier molecular flexibility index (Phi) is 6.87. The molecule has 0 spiro atoms. The van der Waals surface area contributed by atoms with E-state index in [4.69, 9.17) is 9.47 Å². The predicted molar refractivity (Wildman–Crippen MR) is 103 cm³/mol. The Balaban J connectivity index is 2.05. The molecule has 142 valence electrons. The number of hydrogen-bond acceptors (Lipinski definition) is 6. The van der Waals surface area contributed by atoms with Crippen molar-refractivity contribution in [3.8, 4) is 11.5 Å².